The Bertz CT molecular complexity index is 279. The Labute approximate surface area is 104 Å². The van der Waals surface area contributed by atoms with Gasteiger partial charge in [-0.1, -0.05) is 0 Å². The van der Waals surface area contributed by atoms with Crippen molar-refractivity contribution in [2.75, 3.05) is 47.4 Å². The van der Waals surface area contributed by atoms with Gasteiger partial charge in [-0.15, -0.1) is 0 Å². The van der Waals surface area contributed by atoms with E-state index in [4.69, 9.17) is 0 Å². The van der Waals surface area contributed by atoms with Gasteiger partial charge in [-0.3, -0.25) is 9.69 Å². The second-order valence-corrected chi connectivity index (χ2v) is 5.68. The summed E-state index contributed by atoms with van der Waals surface area (Å²) in [6.07, 6.45) is 0. The van der Waals surface area contributed by atoms with Crippen molar-refractivity contribution in [2.45, 2.75) is 25.4 Å². The van der Waals surface area contributed by atoms with Crippen molar-refractivity contribution in [3.8, 4) is 0 Å². The molecule has 17 heavy (non-hydrogen) atoms. The Hall–Kier alpha value is -0.650. The fraction of sp³-hybridized carbons (Fsp3) is 0.917. The van der Waals surface area contributed by atoms with E-state index < -0.39 is 6.04 Å². The number of hydrogen-bond donors (Lipinski definition) is 1. The monoisotopic (exact) mass is 243 g/mol. The van der Waals surface area contributed by atoms with Gasteiger partial charge in [0.15, 0.2) is 0 Å². The molecule has 0 bridgehead atoms. The molecule has 0 saturated carbocycles. The summed E-state index contributed by atoms with van der Waals surface area (Å²) in [7, 11) is 5.90. The first-order valence-corrected chi connectivity index (χ1v) is 6.07. The molecular weight excluding hydrogens is 218 g/mol. The van der Waals surface area contributed by atoms with Crippen LogP contribution in [0.3, 0.4) is 0 Å². The van der Waals surface area contributed by atoms with E-state index in [-0.39, 0.29) is 18.1 Å². The molecule has 1 atom stereocenters. The van der Waals surface area contributed by atoms with Gasteiger partial charge in [0.25, 0.3) is 0 Å². The lowest BCUT2D eigenvalue weighted by Crippen LogP contribution is -2.66. The molecule has 1 unspecified atom stereocenters. The van der Waals surface area contributed by atoms with Gasteiger partial charge >= 0.3 is 0 Å². The molecule has 0 spiro atoms. The van der Waals surface area contributed by atoms with Gasteiger partial charge in [0, 0.05) is 25.2 Å². The molecule has 1 saturated heterocycles. The highest BCUT2D eigenvalue weighted by molar-refractivity contribution is 5.83. The van der Waals surface area contributed by atoms with Gasteiger partial charge in [0.2, 0.25) is 5.91 Å². The molecule has 0 aromatic rings. The SMILES string of the molecule is CN(C)CCN1CC(C)(C)N(C)C(CO)C1=O. The van der Waals surface area contributed by atoms with Gasteiger partial charge in [-0.25, -0.2) is 0 Å². The van der Waals surface area contributed by atoms with E-state index in [1.54, 1.807) is 0 Å². The number of amides is 1. The molecular formula is C12H25N3O2. The number of carbonyl (C=O) groups excluding carboxylic acids is 1. The number of aliphatic hydroxyl groups is 1. The highest BCUT2D eigenvalue weighted by Crippen LogP contribution is 2.23. The van der Waals surface area contributed by atoms with Crippen molar-refractivity contribution in [2.24, 2.45) is 0 Å². The van der Waals surface area contributed by atoms with Gasteiger partial charge < -0.3 is 14.9 Å². The lowest BCUT2D eigenvalue weighted by molar-refractivity contribution is -0.150. The minimum absolute atomic E-state index is 0.0381. The van der Waals surface area contributed by atoms with Crippen molar-refractivity contribution in [1.82, 2.24) is 14.7 Å². The normalized spacial score (nSPS) is 25.7. The predicted octanol–water partition coefficient (Wildman–Crippen LogP) is -0.538. The zero-order valence-corrected chi connectivity index (χ0v) is 11.6. The van der Waals surface area contributed by atoms with E-state index in [1.807, 2.05) is 30.9 Å². The number of nitrogens with zero attached hydrogens (tertiary/aromatic N) is 3. The Morgan fingerprint density at radius 2 is 2.06 bits per heavy atom. The zero-order chi connectivity index (χ0) is 13.2. The maximum Gasteiger partial charge on any atom is 0.242 e. The van der Waals surface area contributed by atoms with Crippen LogP contribution >= 0.6 is 0 Å². The molecule has 0 aromatic heterocycles. The van der Waals surface area contributed by atoms with Crippen LogP contribution < -0.4 is 0 Å². The van der Waals surface area contributed by atoms with Crippen LogP contribution in [0.25, 0.3) is 0 Å². The molecule has 0 radical (unpaired) electrons. The van der Waals surface area contributed by atoms with Crippen LogP contribution in [0.1, 0.15) is 13.8 Å². The third kappa shape index (κ3) is 3.18. The van der Waals surface area contributed by atoms with E-state index in [9.17, 15) is 9.90 Å². The van der Waals surface area contributed by atoms with Crippen LogP contribution in [0.5, 0.6) is 0 Å². The number of hydrogen-bond acceptors (Lipinski definition) is 4. The summed E-state index contributed by atoms with van der Waals surface area (Å²) in [5, 5.41) is 9.36. The van der Waals surface area contributed by atoms with Crippen LogP contribution in [0.2, 0.25) is 0 Å². The number of aliphatic hydroxyl groups excluding tert-OH is 1. The Morgan fingerprint density at radius 1 is 1.47 bits per heavy atom. The summed E-state index contributed by atoms with van der Waals surface area (Å²) in [5.41, 5.74) is -0.0897. The van der Waals surface area contributed by atoms with Gasteiger partial charge in [-0.2, -0.15) is 0 Å². The topological polar surface area (TPSA) is 47.0 Å². The molecule has 100 valence electrons. The molecule has 1 aliphatic rings. The van der Waals surface area contributed by atoms with Gasteiger partial charge in [0.05, 0.1) is 6.61 Å². The van der Waals surface area contributed by atoms with Crippen molar-refractivity contribution in [3.05, 3.63) is 0 Å². The van der Waals surface area contributed by atoms with Crippen LogP contribution in [-0.4, -0.2) is 84.7 Å². The first-order valence-electron chi connectivity index (χ1n) is 6.07. The summed E-state index contributed by atoms with van der Waals surface area (Å²) < 4.78 is 0. The minimum atomic E-state index is -0.402. The Kier molecular flexibility index (Phi) is 4.52. The highest BCUT2D eigenvalue weighted by atomic mass is 16.3. The molecule has 1 amide bonds. The van der Waals surface area contributed by atoms with Crippen molar-refractivity contribution >= 4 is 5.91 Å². The summed E-state index contributed by atoms with van der Waals surface area (Å²) in [5.74, 6) is 0.0381. The standard InChI is InChI=1S/C12H25N3O2/c1-12(2)9-15(7-6-13(3)4)11(17)10(8-16)14(12)5/h10,16H,6-9H2,1-5H3. The smallest absolute Gasteiger partial charge is 0.242 e. The van der Waals surface area contributed by atoms with E-state index >= 15 is 0 Å². The molecule has 0 aromatic carbocycles. The number of likely N-dealkylation sites (N-methyl/N-ethyl adjacent to an activating group) is 2. The second-order valence-electron chi connectivity index (χ2n) is 5.68. The molecule has 0 aliphatic carbocycles. The molecule has 5 heteroatoms. The highest BCUT2D eigenvalue weighted by Gasteiger charge is 2.42. The summed E-state index contributed by atoms with van der Waals surface area (Å²) in [6.45, 7) is 6.38. The summed E-state index contributed by atoms with van der Waals surface area (Å²) in [4.78, 5) is 18.1. The van der Waals surface area contributed by atoms with Crippen LogP contribution in [0, 0.1) is 0 Å². The predicted molar refractivity (Wildman–Crippen MR) is 67.8 cm³/mol. The fourth-order valence-corrected chi connectivity index (χ4v) is 2.17. The third-order valence-corrected chi connectivity index (χ3v) is 3.59. The van der Waals surface area contributed by atoms with E-state index in [0.717, 1.165) is 13.1 Å². The summed E-state index contributed by atoms with van der Waals surface area (Å²) >= 11 is 0. The number of piperazine rings is 1. The third-order valence-electron chi connectivity index (χ3n) is 3.59. The Balaban J connectivity index is 2.75. The molecule has 1 N–H and O–H groups in total. The average molecular weight is 243 g/mol. The van der Waals surface area contributed by atoms with Crippen LogP contribution in [-0.2, 0) is 4.79 Å². The zero-order valence-electron chi connectivity index (χ0n) is 11.6. The van der Waals surface area contributed by atoms with Crippen molar-refractivity contribution in [1.29, 1.82) is 0 Å². The Morgan fingerprint density at radius 3 is 2.53 bits per heavy atom. The van der Waals surface area contributed by atoms with E-state index in [0.29, 0.717) is 6.54 Å². The maximum absolute atomic E-state index is 12.2. The number of rotatable bonds is 4. The van der Waals surface area contributed by atoms with Crippen molar-refractivity contribution in [3.63, 3.8) is 0 Å². The molecule has 1 fully saturated rings. The number of carbonyl (C=O) groups is 1. The first-order chi connectivity index (χ1) is 7.79. The fourth-order valence-electron chi connectivity index (χ4n) is 2.17. The van der Waals surface area contributed by atoms with Crippen molar-refractivity contribution < 1.29 is 9.90 Å². The van der Waals surface area contributed by atoms with Crippen LogP contribution in [0.15, 0.2) is 0 Å². The molecule has 1 rings (SSSR count). The summed E-state index contributed by atoms with van der Waals surface area (Å²) in [6, 6.07) is -0.402. The molecule has 1 heterocycles. The molecule has 5 nitrogen and oxygen atoms in total. The second kappa shape index (κ2) is 5.33. The average Bonchev–Trinajstić information content (AvgIpc) is 2.23. The van der Waals surface area contributed by atoms with E-state index in [2.05, 4.69) is 18.7 Å². The minimum Gasteiger partial charge on any atom is -0.394 e. The van der Waals surface area contributed by atoms with Gasteiger partial charge in [0.1, 0.15) is 6.04 Å². The quantitative estimate of drug-likeness (QED) is 0.720. The largest absolute Gasteiger partial charge is 0.394 e. The first kappa shape index (κ1) is 14.4. The molecule has 1 aliphatic heterocycles. The van der Waals surface area contributed by atoms with Gasteiger partial charge in [-0.05, 0) is 35.0 Å². The van der Waals surface area contributed by atoms with E-state index in [1.165, 1.54) is 0 Å². The lowest BCUT2D eigenvalue weighted by atomic mass is 9.95. The lowest BCUT2D eigenvalue weighted by Gasteiger charge is -2.49. The maximum atomic E-state index is 12.2. The van der Waals surface area contributed by atoms with Crippen LogP contribution in [0.4, 0.5) is 0 Å².